The first-order chi connectivity index (χ1) is 10.4. The summed E-state index contributed by atoms with van der Waals surface area (Å²) in [5, 5.41) is 44.0. The van der Waals surface area contributed by atoms with Gasteiger partial charge in [0.2, 0.25) is 0 Å². The summed E-state index contributed by atoms with van der Waals surface area (Å²) in [5.41, 5.74) is 0.524. The number of rotatable bonds is 6. The molecule has 0 saturated carbocycles. The predicted octanol–water partition coefficient (Wildman–Crippen LogP) is -0.793. The number of aliphatic hydroxyl groups excluding tert-OH is 3. The first-order valence-electron chi connectivity index (χ1n) is 6.13. The van der Waals surface area contributed by atoms with Gasteiger partial charge in [-0.1, -0.05) is 0 Å². The lowest BCUT2D eigenvalue weighted by atomic mass is 10.1. The summed E-state index contributed by atoms with van der Waals surface area (Å²) in [6.45, 7) is -0.729. The fourth-order valence-corrected chi connectivity index (χ4v) is 1.22. The third-order valence-electron chi connectivity index (χ3n) is 2.32. The van der Waals surface area contributed by atoms with Gasteiger partial charge in [0.05, 0.1) is 27.4 Å². The summed E-state index contributed by atoms with van der Waals surface area (Å²) in [6.07, 6.45) is 1.37. The average molecular weight is 315 g/mol. The number of benzene rings is 1. The average Bonchev–Trinajstić information content (AvgIpc) is 2.53. The Morgan fingerprint density at radius 2 is 1.68 bits per heavy atom. The van der Waals surface area contributed by atoms with E-state index in [1.807, 2.05) is 0 Å². The summed E-state index contributed by atoms with van der Waals surface area (Å²) in [5.74, 6) is -1.20. The van der Waals surface area contributed by atoms with E-state index in [9.17, 15) is 9.90 Å². The lowest BCUT2D eigenvalue weighted by Gasteiger charge is -2.17. The molecule has 0 fully saturated rings. The Kier molecular flexibility index (Phi) is 9.35. The molecule has 22 heavy (non-hydrogen) atoms. The topological polar surface area (TPSA) is 140 Å². The second-order valence-electron chi connectivity index (χ2n) is 3.95. The van der Waals surface area contributed by atoms with Crippen LogP contribution in [0.2, 0.25) is 0 Å². The van der Waals surface area contributed by atoms with Gasteiger partial charge in [0.15, 0.2) is 0 Å². The maximum absolute atomic E-state index is 11.5. The highest BCUT2D eigenvalue weighted by Gasteiger charge is 2.03. The van der Waals surface area contributed by atoms with E-state index in [1.165, 1.54) is 32.4 Å². The van der Waals surface area contributed by atoms with Crippen molar-refractivity contribution in [2.75, 3.05) is 27.4 Å². The van der Waals surface area contributed by atoms with E-state index in [-0.39, 0.29) is 30.5 Å². The van der Waals surface area contributed by atoms with Crippen LogP contribution < -0.4 is 14.6 Å². The van der Waals surface area contributed by atoms with E-state index in [2.05, 4.69) is 0 Å². The largest absolute Gasteiger partial charge is 0.867 e. The first-order valence-corrected chi connectivity index (χ1v) is 6.13. The van der Waals surface area contributed by atoms with Crippen molar-refractivity contribution in [2.45, 2.75) is 6.10 Å². The molecule has 0 aromatic heterocycles. The standard InChI is InChI=1S/C11H12O5.C3H8O3/c1-15-8-5-7(3-4-10(12)13)6-9(16-2)11(8)14;4-1-3(6)2-5/h3-6,14H,1-2H3,(H,12,13);3-6H,1-2H2/p-1. The Hall–Kier alpha value is -2.29. The SMILES string of the molecule is COc1cc(C=CC(=O)O)cc(OC)c1[O-].OCC(O)CO. The molecule has 0 aliphatic heterocycles. The molecule has 0 bridgehead atoms. The van der Waals surface area contributed by atoms with Crippen LogP contribution in [-0.4, -0.2) is 59.9 Å². The molecule has 8 heteroatoms. The molecular formula is C14H19O8-. The molecule has 1 aromatic carbocycles. The Balaban J connectivity index is 0.000000626. The van der Waals surface area contributed by atoms with Gasteiger partial charge in [-0.2, -0.15) is 0 Å². The summed E-state index contributed by atoms with van der Waals surface area (Å²) < 4.78 is 9.72. The Morgan fingerprint density at radius 3 is 1.95 bits per heavy atom. The quantitative estimate of drug-likeness (QED) is 0.501. The number of hydrogen-bond acceptors (Lipinski definition) is 7. The van der Waals surface area contributed by atoms with Crippen LogP contribution in [0.1, 0.15) is 5.56 Å². The summed E-state index contributed by atoms with van der Waals surface area (Å²) in [7, 11) is 2.72. The van der Waals surface area contributed by atoms with Gasteiger partial charge in [-0.3, -0.25) is 0 Å². The number of aliphatic carboxylic acids is 1. The minimum absolute atomic E-state index is 0.115. The number of carbonyl (C=O) groups is 1. The number of methoxy groups -OCH3 is 2. The van der Waals surface area contributed by atoms with Crippen LogP contribution in [0.3, 0.4) is 0 Å². The molecule has 0 atom stereocenters. The van der Waals surface area contributed by atoms with Gasteiger partial charge in [0.1, 0.15) is 17.6 Å². The minimum atomic E-state index is -1.07. The zero-order valence-electron chi connectivity index (χ0n) is 12.2. The van der Waals surface area contributed by atoms with Crippen molar-refractivity contribution in [2.24, 2.45) is 0 Å². The highest BCUT2D eigenvalue weighted by Crippen LogP contribution is 2.34. The molecule has 0 spiro atoms. The Bertz CT molecular complexity index is 469. The highest BCUT2D eigenvalue weighted by molar-refractivity contribution is 5.85. The van der Waals surface area contributed by atoms with Crippen molar-refractivity contribution >= 4 is 12.0 Å². The lowest BCUT2D eigenvalue weighted by Crippen LogP contribution is -2.15. The molecule has 0 saturated heterocycles. The number of aliphatic hydroxyl groups is 3. The van der Waals surface area contributed by atoms with Crippen LogP contribution in [0.15, 0.2) is 18.2 Å². The van der Waals surface area contributed by atoms with E-state index >= 15 is 0 Å². The molecule has 1 rings (SSSR count). The molecule has 0 aliphatic rings. The maximum Gasteiger partial charge on any atom is 0.328 e. The zero-order chi connectivity index (χ0) is 17.1. The van der Waals surface area contributed by atoms with Crippen molar-refractivity contribution in [3.8, 4) is 17.2 Å². The fourth-order valence-electron chi connectivity index (χ4n) is 1.22. The lowest BCUT2D eigenvalue weighted by molar-refractivity contribution is -0.271. The van der Waals surface area contributed by atoms with Crippen LogP contribution in [0, 0.1) is 0 Å². The molecular weight excluding hydrogens is 296 g/mol. The summed E-state index contributed by atoms with van der Waals surface area (Å²) in [6, 6.07) is 2.90. The first kappa shape index (κ1) is 19.7. The smallest absolute Gasteiger partial charge is 0.328 e. The number of ether oxygens (including phenoxy) is 2. The molecule has 0 unspecified atom stereocenters. The third-order valence-corrected chi connectivity index (χ3v) is 2.32. The fraction of sp³-hybridized carbons (Fsp3) is 0.357. The van der Waals surface area contributed by atoms with E-state index in [4.69, 9.17) is 29.9 Å². The zero-order valence-corrected chi connectivity index (χ0v) is 12.2. The van der Waals surface area contributed by atoms with Crippen molar-refractivity contribution in [1.82, 2.24) is 0 Å². The second-order valence-corrected chi connectivity index (χ2v) is 3.95. The molecule has 4 N–H and O–H groups in total. The van der Waals surface area contributed by atoms with Gasteiger partial charge in [-0.25, -0.2) is 4.79 Å². The van der Waals surface area contributed by atoms with E-state index in [0.717, 1.165) is 6.08 Å². The third kappa shape index (κ3) is 6.93. The molecule has 8 nitrogen and oxygen atoms in total. The molecule has 0 aliphatic carbocycles. The van der Waals surface area contributed by atoms with Crippen molar-refractivity contribution in [3.05, 3.63) is 23.8 Å². The van der Waals surface area contributed by atoms with E-state index in [1.54, 1.807) is 0 Å². The second kappa shape index (κ2) is 10.4. The summed E-state index contributed by atoms with van der Waals surface area (Å²) in [4.78, 5) is 10.3. The van der Waals surface area contributed by atoms with Crippen molar-refractivity contribution < 1.29 is 39.8 Å². The van der Waals surface area contributed by atoms with Gasteiger partial charge in [0.25, 0.3) is 0 Å². The number of hydrogen-bond donors (Lipinski definition) is 4. The van der Waals surface area contributed by atoms with Crippen LogP contribution in [0.4, 0.5) is 0 Å². The van der Waals surface area contributed by atoms with Crippen molar-refractivity contribution in [3.63, 3.8) is 0 Å². The minimum Gasteiger partial charge on any atom is -0.867 e. The molecule has 0 amide bonds. The molecule has 124 valence electrons. The van der Waals surface area contributed by atoms with Gasteiger partial charge in [-0.05, 0) is 29.5 Å². The monoisotopic (exact) mass is 315 g/mol. The van der Waals surface area contributed by atoms with Crippen LogP contribution in [-0.2, 0) is 4.79 Å². The summed E-state index contributed by atoms with van der Waals surface area (Å²) >= 11 is 0. The van der Waals surface area contributed by atoms with Gasteiger partial charge >= 0.3 is 5.97 Å². The van der Waals surface area contributed by atoms with Gasteiger partial charge in [0, 0.05) is 6.08 Å². The Morgan fingerprint density at radius 1 is 1.23 bits per heavy atom. The van der Waals surface area contributed by atoms with E-state index in [0.29, 0.717) is 5.56 Å². The maximum atomic E-state index is 11.5. The van der Waals surface area contributed by atoms with Crippen LogP contribution >= 0.6 is 0 Å². The molecule has 0 radical (unpaired) electrons. The van der Waals surface area contributed by atoms with Gasteiger partial charge in [-0.15, -0.1) is 0 Å². The van der Waals surface area contributed by atoms with Crippen LogP contribution in [0.25, 0.3) is 6.08 Å². The number of carboxylic acids is 1. The molecule has 0 heterocycles. The van der Waals surface area contributed by atoms with Crippen molar-refractivity contribution in [1.29, 1.82) is 0 Å². The highest BCUT2D eigenvalue weighted by atomic mass is 16.5. The predicted molar refractivity (Wildman–Crippen MR) is 75.8 cm³/mol. The Labute approximate surface area is 127 Å². The number of carboxylic acid groups (broad SMARTS) is 1. The molecule has 1 aromatic rings. The van der Waals surface area contributed by atoms with E-state index < -0.39 is 12.1 Å². The normalized spacial score (nSPS) is 10.3. The van der Waals surface area contributed by atoms with Crippen LogP contribution in [0.5, 0.6) is 17.2 Å². The van der Waals surface area contributed by atoms with Gasteiger partial charge < -0.3 is 35.0 Å².